The Morgan fingerprint density at radius 3 is 2.46 bits per heavy atom. The average Bonchev–Trinajstić information content (AvgIpc) is 2.36. The Morgan fingerprint density at radius 2 is 2.00 bits per heavy atom. The molecule has 0 unspecified atom stereocenters. The van der Waals surface area contributed by atoms with Gasteiger partial charge in [0.2, 0.25) is 0 Å². The van der Waals surface area contributed by atoms with E-state index < -0.39 is 0 Å². The lowest BCUT2D eigenvalue weighted by Gasteiger charge is -2.53. The molecule has 0 bridgehead atoms. The molecule has 0 saturated carbocycles. The molecule has 0 aromatic carbocycles. The molecule has 0 spiro atoms. The first kappa shape index (κ1) is 11.0. The van der Waals surface area contributed by atoms with Crippen LogP contribution in [0.1, 0.15) is 34.6 Å². The molecule has 0 aliphatic carbocycles. The van der Waals surface area contributed by atoms with E-state index >= 15 is 0 Å². The molecule has 2 saturated heterocycles. The fourth-order valence-electron chi connectivity index (χ4n) is 2.31. The van der Waals surface area contributed by atoms with Crippen molar-refractivity contribution in [1.29, 1.82) is 0 Å². The van der Waals surface area contributed by atoms with Crippen LogP contribution < -0.4 is 0 Å². The molecule has 0 N–H and O–H groups in total. The molecule has 2 aliphatic heterocycles. The summed E-state index contributed by atoms with van der Waals surface area (Å²) in [7, 11) is 0. The monoisotopic (exact) mass is 185 g/mol. The third kappa shape index (κ3) is 1.75. The maximum atomic E-state index is 5.47. The molecule has 13 heavy (non-hydrogen) atoms. The number of rotatable bonds is 1. The zero-order valence-corrected chi connectivity index (χ0v) is 9.63. The Kier molecular flexibility index (Phi) is 3.36. The molecule has 0 radical (unpaired) electrons. The Morgan fingerprint density at radius 1 is 1.38 bits per heavy atom. The lowest BCUT2D eigenvalue weighted by molar-refractivity contribution is -0.0471. The minimum atomic E-state index is 0.490. The molecule has 2 heteroatoms. The van der Waals surface area contributed by atoms with Gasteiger partial charge in [0, 0.05) is 24.0 Å². The summed E-state index contributed by atoms with van der Waals surface area (Å²) in [5.41, 5.74) is 0.490. The zero-order chi connectivity index (χ0) is 10.1. The smallest absolute Gasteiger partial charge is 0.0628 e. The van der Waals surface area contributed by atoms with Crippen LogP contribution >= 0.6 is 0 Å². The summed E-state index contributed by atoms with van der Waals surface area (Å²) in [5, 5.41) is 0. The Bertz CT molecular complexity index is 169. The Labute approximate surface area is 82.3 Å². The maximum Gasteiger partial charge on any atom is 0.0628 e. The second-order valence-corrected chi connectivity index (χ2v) is 4.45. The van der Waals surface area contributed by atoms with Crippen LogP contribution in [0.2, 0.25) is 0 Å². The lowest BCUT2D eigenvalue weighted by Crippen LogP contribution is -2.64. The number of hydrogen-bond acceptors (Lipinski definition) is 2. The van der Waals surface area contributed by atoms with Crippen LogP contribution in [0.3, 0.4) is 0 Å². The minimum absolute atomic E-state index is 0.490. The van der Waals surface area contributed by atoms with Crippen LogP contribution in [-0.4, -0.2) is 36.7 Å². The molecule has 2 heterocycles. The van der Waals surface area contributed by atoms with Gasteiger partial charge < -0.3 is 4.74 Å². The largest absolute Gasteiger partial charge is 0.379 e. The zero-order valence-electron chi connectivity index (χ0n) is 9.63. The van der Waals surface area contributed by atoms with Crippen molar-refractivity contribution in [2.24, 2.45) is 5.41 Å². The van der Waals surface area contributed by atoms with E-state index in [1.54, 1.807) is 0 Å². The first-order valence-electron chi connectivity index (χ1n) is 5.47. The molecular weight excluding hydrogens is 162 g/mol. The van der Waals surface area contributed by atoms with Crippen molar-refractivity contribution in [2.75, 3.05) is 19.8 Å². The van der Waals surface area contributed by atoms with Crippen molar-refractivity contribution in [3.05, 3.63) is 0 Å². The summed E-state index contributed by atoms with van der Waals surface area (Å²) in [6.45, 7) is 14.0. The van der Waals surface area contributed by atoms with E-state index in [1.807, 2.05) is 13.8 Å². The van der Waals surface area contributed by atoms with Gasteiger partial charge in [-0.25, -0.2) is 0 Å². The Hall–Kier alpha value is -0.0800. The molecule has 0 amide bonds. The highest BCUT2D eigenvalue weighted by Crippen LogP contribution is 2.43. The molecule has 2 aliphatic rings. The third-order valence-electron chi connectivity index (χ3n) is 3.12. The van der Waals surface area contributed by atoms with Crippen LogP contribution in [0.25, 0.3) is 0 Å². The second-order valence-electron chi connectivity index (χ2n) is 4.45. The highest BCUT2D eigenvalue weighted by atomic mass is 16.5. The summed E-state index contributed by atoms with van der Waals surface area (Å²) in [6, 6.07) is 1.40. The normalized spacial score (nSPS) is 37.8. The minimum Gasteiger partial charge on any atom is -0.379 e. The average molecular weight is 185 g/mol. The lowest BCUT2D eigenvalue weighted by atomic mass is 9.75. The van der Waals surface area contributed by atoms with Crippen LogP contribution in [-0.2, 0) is 4.74 Å². The van der Waals surface area contributed by atoms with Gasteiger partial charge >= 0.3 is 0 Å². The molecular formula is C11H23NO. The van der Waals surface area contributed by atoms with Gasteiger partial charge in [-0.2, -0.15) is 0 Å². The van der Waals surface area contributed by atoms with Crippen molar-refractivity contribution < 1.29 is 4.74 Å². The van der Waals surface area contributed by atoms with Crippen molar-refractivity contribution >= 4 is 0 Å². The van der Waals surface area contributed by atoms with E-state index in [4.69, 9.17) is 4.74 Å². The van der Waals surface area contributed by atoms with E-state index in [-0.39, 0.29) is 0 Å². The van der Waals surface area contributed by atoms with Crippen molar-refractivity contribution in [2.45, 2.75) is 46.7 Å². The van der Waals surface area contributed by atoms with Gasteiger partial charge in [0.25, 0.3) is 0 Å². The van der Waals surface area contributed by atoms with Gasteiger partial charge in [0.15, 0.2) is 0 Å². The van der Waals surface area contributed by atoms with Crippen molar-refractivity contribution in [3.63, 3.8) is 0 Å². The number of nitrogens with zero attached hydrogens (tertiary/aromatic N) is 1. The van der Waals surface area contributed by atoms with Gasteiger partial charge in [-0.3, -0.25) is 4.90 Å². The van der Waals surface area contributed by atoms with E-state index in [0.29, 0.717) is 17.5 Å². The van der Waals surface area contributed by atoms with Gasteiger partial charge in [-0.05, 0) is 13.8 Å². The summed E-state index contributed by atoms with van der Waals surface area (Å²) in [4.78, 5) is 2.53. The molecule has 0 aromatic heterocycles. The molecule has 2 nitrogen and oxygen atoms in total. The van der Waals surface area contributed by atoms with Crippen LogP contribution in [0, 0.1) is 5.41 Å². The highest BCUT2D eigenvalue weighted by Gasteiger charge is 2.53. The molecule has 2 rings (SSSR count). The van der Waals surface area contributed by atoms with Crippen LogP contribution in [0.5, 0.6) is 0 Å². The number of ether oxygens (including phenoxy) is 1. The highest BCUT2D eigenvalue weighted by molar-refractivity contribution is 5.05. The summed E-state index contributed by atoms with van der Waals surface area (Å²) in [5.74, 6) is 0. The summed E-state index contributed by atoms with van der Waals surface area (Å²) < 4.78 is 5.47. The van der Waals surface area contributed by atoms with E-state index in [2.05, 4.69) is 25.7 Å². The first-order chi connectivity index (χ1) is 6.13. The van der Waals surface area contributed by atoms with Gasteiger partial charge in [0.1, 0.15) is 0 Å². The fourth-order valence-corrected chi connectivity index (χ4v) is 2.31. The number of fused-ring (bicyclic) bond motifs is 1. The maximum absolute atomic E-state index is 5.47. The predicted octanol–water partition coefficient (Wildman–Crippen LogP) is 2.14. The summed E-state index contributed by atoms with van der Waals surface area (Å²) in [6.07, 6.45) is 0. The second kappa shape index (κ2) is 3.97. The fraction of sp³-hybridized carbons (Fsp3) is 1.00. The third-order valence-corrected chi connectivity index (χ3v) is 3.12. The SMILES string of the molecule is CC.CC(C)N1C[C@]2(C)COC[C@H]12. The van der Waals surface area contributed by atoms with E-state index in [9.17, 15) is 0 Å². The molecule has 2 atom stereocenters. The van der Waals surface area contributed by atoms with Gasteiger partial charge in [-0.1, -0.05) is 20.8 Å². The quantitative estimate of drug-likeness (QED) is 0.620. The van der Waals surface area contributed by atoms with E-state index in [1.165, 1.54) is 6.54 Å². The van der Waals surface area contributed by atoms with Gasteiger partial charge in [-0.15, -0.1) is 0 Å². The standard InChI is InChI=1S/C9H17NO.C2H6/c1-7(2)10-5-9(3)6-11-4-8(9)10;1-2/h7-8H,4-6H2,1-3H3;1-2H3/t8-,9+;/m0./s1. The van der Waals surface area contributed by atoms with Crippen LogP contribution in [0.4, 0.5) is 0 Å². The van der Waals surface area contributed by atoms with Crippen molar-refractivity contribution in [1.82, 2.24) is 4.90 Å². The van der Waals surface area contributed by atoms with Crippen LogP contribution in [0.15, 0.2) is 0 Å². The number of likely N-dealkylation sites (tertiary alicyclic amines) is 1. The predicted molar refractivity (Wildman–Crippen MR) is 55.9 cm³/mol. The summed E-state index contributed by atoms with van der Waals surface area (Å²) >= 11 is 0. The van der Waals surface area contributed by atoms with Gasteiger partial charge in [0.05, 0.1) is 13.2 Å². The molecule has 2 fully saturated rings. The molecule has 78 valence electrons. The number of hydrogen-bond donors (Lipinski definition) is 0. The molecule has 0 aromatic rings. The first-order valence-corrected chi connectivity index (χ1v) is 5.47. The Balaban J connectivity index is 0.000000396. The topological polar surface area (TPSA) is 12.5 Å². The van der Waals surface area contributed by atoms with Crippen molar-refractivity contribution in [3.8, 4) is 0 Å². The van der Waals surface area contributed by atoms with E-state index in [0.717, 1.165) is 13.2 Å².